The van der Waals surface area contributed by atoms with Crippen molar-refractivity contribution in [3.63, 3.8) is 0 Å². The van der Waals surface area contributed by atoms with E-state index in [4.69, 9.17) is 9.84 Å². The summed E-state index contributed by atoms with van der Waals surface area (Å²) in [5.74, 6) is 0.744. The number of nitrogens with zero attached hydrogens (tertiary/aromatic N) is 7. The fraction of sp³-hybridized carbons (Fsp3) is 0.368. The van der Waals surface area contributed by atoms with E-state index in [1.807, 2.05) is 4.57 Å². The zero-order valence-electron chi connectivity index (χ0n) is 17.1. The molecule has 4 rings (SSSR count). The minimum absolute atomic E-state index is 0.0697. The van der Waals surface area contributed by atoms with Gasteiger partial charge >= 0.3 is 6.09 Å². The second-order valence-electron chi connectivity index (χ2n) is 7.15. The highest BCUT2D eigenvalue weighted by Crippen LogP contribution is 2.27. The largest absolute Gasteiger partial charge is 0.479 e. The molecule has 0 bridgehead atoms. The lowest BCUT2D eigenvalue weighted by molar-refractivity contribution is 0.102. The summed E-state index contributed by atoms with van der Waals surface area (Å²) >= 11 is 0. The number of likely N-dealkylation sites (tertiary alicyclic amines) is 1. The summed E-state index contributed by atoms with van der Waals surface area (Å²) in [6.07, 6.45) is 3.61. The molecule has 31 heavy (non-hydrogen) atoms. The smallest absolute Gasteiger partial charge is 0.407 e. The molecule has 2 N–H and O–H groups in total. The molecule has 0 radical (unpaired) electrons. The summed E-state index contributed by atoms with van der Waals surface area (Å²) in [6, 6.07) is 5.30. The maximum atomic E-state index is 12.6. The van der Waals surface area contributed by atoms with Crippen molar-refractivity contribution in [2.24, 2.45) is 7.05 Å². The van der Waals surface area contributed by atoms with Gasteiger partial charge in [0.2, 0.25) is 5.88 Å². The lowest BCUT2D eigenvalue weighted by Crippen LogP contribution is -2.38. The van der Waals surface area contributed by atoms with Crippen molar-refractivity contribution < 1.29 is 19.4 Å². The van der Waals surface area contributed by atoms with E-state index in [0.29, 0.717) is 48.8 Å². The minimum Gasteiger partial charge on any atom is -0.479 e. The van der Waals surface area contributed by atoms with E-state index in [1.54, 1.807) is 37.8 Å². The summed E-state index contributed by atoms with van der Waals surface area (Å²) in [5.41, 5.74) is 0.847. The van der Waals surface area contributed by atoms with E-state index in [0.717, 1.165) is 0 Å². The molecular weight excluding hydrogens is 404 g/mol. The molecule has 4 heterocycles. The fourth-order valence-electron chi connectivity index (χ4n) is 3.62. The SMILES string of the molecule is COc1nn(C)cc1C(=O)Nc1cccc(-c2nncn2C2CCN(C(=O)O)CC2)n1. The van der Waals surface area contributed by atoms with Crippen LogP contribution in [0, 0.1) is 0 Å². The third-order valence-corrected chi connectivity index (χ3v) is 5.15. The van der Waals surface area contributed by atoms with Crippen molar-refractivity contribution in [1.82, 2.24) is 34.4 Å². The second kappa shape index (κ2) is 8.42. The molecule has 3 aromatic rings. The Morgan fingerprint density at radius 2 is 2.03 bits per heavy atom. The zero-order chi connectivity index (χ0) is 22.0. The van der Waals surface area contributed by atoms with Crippen LogP contribution in [-0.2, 0) is 7.05 Å². The van der Waals surface area contributed by atoms with E-state index in [2.05, 4.69) is 25.6 Å². The molecule has 0 unspecified atom stereocenters. The standard InChI is InChI=1S/C19H22N8O4/c1-25-10-13(18(24-25)31-2)17(28)22-15-5-3-4-14(21-15)16-23-20-11-27(16)12-6-8-26(9-7-12)19(29)30/h3-5,10-12H,6-9H2,1-2H3,(H,29,30)(H,21,22,28). The molecule has 12 heteroatoms. The number of ether oxygens (including phenoxy) is 1. The van der Waals surface area contributed by atoms with Crippen molar-refractivity contribution in [3.8, 4) is 17.4 Å². The van der Waals surface area contributed by atoms with Gasteiger partial charge in [0, 0.05) is 32.4 Å². The summed E-state index contributed by atoms with van der Waals surface area (Å²) < 4.78 is 8.55. The number of aromatic nitrogens is 6. The van der Waals surface area contributed by atoms with E-state index in [9.17, 15) is 9.59 Å². The molecule has 3 aromatic heterocycles. The third-order valence-electron chi connectivity index (χ3n) is 5.15. The minimum atomic E-state index is -0.905. The van der Waals surface area contributed by atoms with Crippen LogP contribution < -0.4 is 10.1 Å². The lowest BCUT2D eigenvalue weighted by atomic mass is 10.1. The number of carbonyl (C=O) groups is 2. The van der Waals surface area contributed by atoms with Crippen LogP contribution in [0.15, 0.2) is 30.7 Å². The molecule has 0 saturated carbocycles. The summed E-state index contributed by atoms with van der Waals surface area (Å²) in [6.45, 7) is 0.905. The Morgan fingerprint density at radius 1 is 1.26 bits per heavy atom. The van der Waals surface area contributed by atoms with Crippen LogP contribution >= 0.6 is 0 Å². The number of hydrogen-bond donors (Lipinski definition) is 2. The number of anilines is 1. The number of hydrogen-bond acceptors (Lipinski definition) is 7. The zero-order valence-corrected chi connectivity index (χ0v) is 17.1. The Morgan fingerprint density at radius 3 is 2.74 bits per heavy atom. The Labute approximate surface area is 177 Å². The number of nitrogens with one attached hydrogen (secondary N) is 1. The van der Waals surface area contributed by atoms with Gasteiger partial charge in [0.15, 0.2) is 5.82 Å². The molecule has 1 aliphatic heterocycles. The molecule has 12 nitrogen and oxygen atoms in total. The second-order valence-corrected chi connectivity index (χ2v) is 7.15. The molecule has 2 amide bonds. The van der Waals surface area contributed by atoms with Gasteiger partial charge < -0.3 is 24.6 Å². The maximum absolute atomic E-state index is 12.6. The Bertz CT molecular complexity index is 1100. The maximum Gasteiger partial charge on any atom is 0.407 e. The van der Waals surface area contributed by atoms with Crippen LogP contribution in [0.1, 0.15) is 29.2 Å². The van der Waals surface area contributed by atoms with Gasteiger partial charge in [-0.2, -0.15) is 0 Å². The van der Waals surface area contributed by atoms with Crippen molar-refractivity contribution in [2.45, 2.75) is 18.9 Å². The molecule has 1 fully saturated rings. The van der Waals surface area contributed by atoms with E-state index in [1.165, 1.54) is 16.7 Å². The Hall–Kier alpha value is -3.96. The van der Waals surface area contributed by atoms with Crippen molar-refractivity contribution in [2.75, 3.05) is 25.5 Å². The van der Waals surface area contributed by atoms with Gasteiger partial charge in [-0.1, -0.05) is 6.07 Å². The molecule has 162 valence electrons. The number of amides is 2. The van der Waals surface area contributed by atoms with Gasteiger partial charge in [-0.25, -0.2) is 9.78 Å². The number of methoxy groups -OCH3 is 1. The molecule has 0 aromatic carbocycles. The third kappa shape index (κ3) is 4.17. The van der Waals surface area contributed by atoms with Gasteiger partial charge in [0.1, 0.15) is 23.4 Å². The predicted octanol–water partition coefficient (Wildman–Crippen LogP) is 1.65. The topological polar surface area (TPSA) is 140 Å². The molecule has 0 spiro atoms. The van der Waals surface area contributed by atoms with Gasteiger partial charge in [-0.05, 0) is 25.0 Å². The normalized spacial score (nSPS) is 14.5. The highest BCUT2D eigenvalue weighted by molar-refractivity contribution is 6.05. The van der Waals surface area contributed by atoms with Gasteiger partial charge in [0.05, 0.1) is 7.11 Å². The van der Waals surface area contributed by atoms with Gasteiger partial charge in [0.25, 0.3) is 5.91 Å². The first kappa shape index (κ1) is 20.3. The number of carbonyl (C=O) groups excluding carboxylic acids is 1. The number of piperidine rings is 1. The number of pyridine rings is 1. The first-order valence-electron chi connectivity index (χ1n) is 9.70. The monoisotopic (exact) mass is 426 g/mol. The van der Waals surface area contributed by atoms with E-state index < -0.39 is 12.0 Å². The highest BCUT2D eigenvalue weighted by Gasteiger charge is 2.26. The molecule has 1 saturated heterocycles. The van der Waals surface area contributed by atoms with E-state index in [-0.39, 0.29) is 11.9 Å². The Balaban J connectivity index is 1.53. The van der Waals surface area contributed by atoms with Crippen molar-refractivity contribution in [3.05, 3.63) is 36.3 Å². The molecule has 1 aliphatic rings. The summed E-state index contributed by atoms with van der Waals surface area (Å²) in [5, 5.41) is 24.2. The van der Waals surface area contributed by atoms with Crippen LogP contribution in [-0.4, -0.2) is 71.7 Å². The summed E-state index contributed by atoms with van der Waals surface area (Å²) in [4.78, 5) is 29.7. The fourth-order valence-corrected chi connectivity index (χ4v) is 3.62. The van der Waals surface area contributed by atoms with Crippen molar-refractivity contribution >= 4 is 17.8 Å². The quantitative estimate of drug-likeness (QED) is 0.627. The van der Waals surface area contributed by atoms with Crippen LogP contribution in [0.3, 0.4) is 0 Å². The number of aryl methyl sites for hydroxylation is 1. The lowest BCUT2D eigenvalue weighted by Gasteiger charge is -2.31. The Kier molecular flexibility index (Phi) is 5.52. The summed E-state index contributed by atoms with van der Waals surface area (Å²) in [7, 11) is 3.15. The number of rotatable bonds is 5. The van der Waals surface area contributed by atoms with Crippen LogP contribution in [0.25, 0.3) is 11.5 Å². The first-order valence-corrected chi connectivity index (χ1v) is 9.70. The average Bonchev–Trinajstić information content (AvgIpc) is 3.40. The first-order chi connectivity index (χ1) is 15.0. The van der Waals surface area contributed by atoms with Crippen LogP contribution in [0.4, 0.5) is 10.6 Å². The molecule has 0 aliphatic carbocycles. The average molecular weight is 426 g/mol. The van der Waals surface area contributed by atoms with Crippen molar-refractivity contribution in [1.29, 1.82) is 0 Å². The van der Waals surface area contributed by atoms with Crippen LogP contribution in [0.2, 0.25) is 0 Å². The van der Waals surface area contributed by atoms with Gasteiger partial charge in [-0.3, -0.25) is 9.48 Å². The van der Waals surface area contributed by atoms with Crippen LogP contribution in [0.5, 0.6) is 5.88 Å². The van der Waals surface area contributed by atoms with E-state index >= 15 is 0 Å². The predicted molar refractivity (Wildman–Crippen MR) is 109 cm³/mol. The van der Waals surface area contributed by atoms with Gasteiger partial charge in [-0.15, -0.1) is 15.3 Å². The number of carboxylic acid groups (broad SMARTS) is 1. The molecule has 0 atom stereocenters. The molecular formula is C19H22N8O4. The highest BCUT2D eigenvalue weighted by atomic mass is 16.5.